The van der Waals surface area contributed by atoms with Crippen molar-refractivity contribution in [1.82, 2.24) is 15.2 Å². The van der Waals surface area contributed by atoms with Gasteiger partial charge in [-0.3, -0.25) is 4.79 Å². The van der Waals surface area contributed by atoms with Gasteiger partial charge in [-0.25, -0.2) is 0 Å². The number of hydrogen-bond acceptors (Lipinski definition) is 3. The molecule has 0 unspecified atom stereocenters. The second-order valence-corrected chi connectivity index (χ2v) is 5.63. The summed E-state index contributed by atoms with van der Waals surface area (Å²) in [5.41, 5.74) is -0.213. The Morgan fingerprint density at radius 1 is 1.61 bits per heavy atom. The van der Waals surface area contributed by atoms with Gasteiger partial charge in [-0.05, 0) is 18.9 Å². The van der Waals surface area contributed by atoms with Crippen molar-refractivity contribution in [3.8, 4) is 0 Å². The second-order valence-electron chi connectivity index (χ2n) is 5.19. The Balaban J connectivity index is 1.67. The molecule has 0 aromatic carbocycles. The first-order valence-electron chi connectivity index (χ1n) is 6.16. The molecule has 2 aliphatic rings. The summed E-state index contributed by atoms with van der Waals surface area (Å²) in [7, 11) is 0. The first-order valence-corrected chi connectivity index (χ1v) is 6.54. The van der Waals surface area contributed by atoms with Gasteiger partial charge in [0.15, 0.2) is 0 Å². The van der Waals surface area contributed by atoms with Crippen LogP contribution in [0.25, 0.3) is 0 Å². The van der Waals surface area contributed by atoms with Crippen molar-refractivity contribution in [2.24, 2.45) is 0 Å². The van der Waals surface area contributed by atoms with Crippen molar-refractivity contribution in [2.45, 2.75) is 24.5 Å². The number of nitrogens with zero attached hydrogens (tertiary/aromatic N) is 1. The third-order valence-electron chi connectivity index (χ3n) is 3.47. The average molecular weight is 270 g/mol. The van der Waals surface area contributed by atoms with Crippen LogP contribution in [0.15, 0.2) is 12.3 Å². The van der Waals surface area contributed by atoms with Gasteiger partial charge in [-0.2, -0.15) is 0 Å². The molecule has 6 heteroatoms. The van der Waals surface area contributed by atoms with Gasteiger partial charge in [-0.15, -0.1) is 0 Å². The van der Waals surface area contributed by atoms with E-state index in [2.05, 4.69) is 10.6 Å². The van der Waals surface area contributed by atoms with Gasteiger partial charge in [0.1, 0.15) is 11.3 Å². The summed E-state index contributed by atoms with van der Waals surface area (Å²) in [5, 5.41) is 16.2. The van der Waals surface area contributed by atoms with Crippen LogP contribution in [0.1, 0.15) is 29.4 Å². The first-order chi connectivity index (χ1) is 8.57. The van der Waals surface area contributed by atoms with Crippen LogP contribution in [-0.4, -0.2) is 40.8 Å². The molecule has 0 bridgehead atoms. The van der Waals surface area contributed by atoms with Crippen LogP contribution in [0.2, 0.25) is 5.02 Å². The number of hydrogen-bond donors (Lipinski definition) is 3. The Kier molecular flexibility index (Phi) is 2.84. The highest BCUT2D eigenvalue weighted by atomic mass is 35.5. The SMILES string of the molecule is O=C(NCC1(O)CNC1)c1cc(Cl)cn1C1CC1. The molecule has 3 N–H and O–H groups in total. The lowest BCUT2D eigenvalue weighted by Gasteiger charge is -2.37. The summed E-state index contributed by atoms with van der Waals surface area (Å²) in [6.45, 7) is 1.32. The number of carbonyl (C=O) groups is 1. The van der Waals surface area contributed by atoms with E-state index in [-0.39, 0.29) is 12.5 Å². The number of carbonyl (C=O) groups excluding carboxylic acids is 1. The maximum atomic E-state index is 12.1. The van der Waals surface area contributed by atoms with Gasteiger partial charge in [0.25, 0.3) is 5.91 Å². The highest BCUT2D eigenvalue weighted by molar-refractivity contribution is 6.31. The minimum absolute atomic E-state index is 0.172. The van der Waals surface area contributed by atoms with Crippen molar-refractivity contribution >= 4 is 17.5 Å². The highest BCUT2D eigenvalue weighted by Crippen LogP contribution is 2.37. The van der Waals surface area contributed by atoms with Crippen LogP contribution in [0, 0.1) is 0 Å². The van der Waals surface area contributed by atoms with Gasteiger partial charge >= 0.3 is 0 Å². The van der Waals surface area contributed by atoms with Crippen molar-refractivity contribution in [3.05, 3.63) is 23.0 Å². The largest absolute Gasteiger partial charge is 0.385 e. The molecule has 3 rings (SSSR count). The Hall–Kier alpha value is -1.04. The summed E-state index contributed by atoms with van der Waals surface area (Å²) in [6.07, 6.45) is 3.99. The fraction of sp³-hybridized carbons (Fsp3) is 0.583. The molecule has 1 aliphatic heterocycles. The molecule has 1 saturated heterocycles. The number of aliphatic hydroxyl groups is 1. The molecule has 0 atom stereocenters. The van der Waals surface area contributed by atoms with Crippen LogP contribution in [-0.2, 0) is 0 Å². The van der Waals surface area contributed by atoms with E-state index < -0.39 is 5.60 Å². The van der Waals surface area contributed by atoms with E-state index in [9.17, 15) is 9.90 Å². The van der Waals surface area contributed by atoms with Crippen LogP contribution < -0.4 is 10.6 Å². The molecule has 0 radical (unpaired) electrons. The van der Waals surface area contributed by atoms with Crippen molar-refractivity contribution < 1.29 is 9.90 Å². The molecule has 1 amide bonds. The van der Waals surface area contributed by atoms with E-state index in [0.717, 1.165) is 12.8 Å². The maximum Gasteiger partial charge on any atom is 0.268 e. The van der Waals surface area contributed by atoms with Crippen LogP contribution in [0.5, 0.6) is 0 Å². The summed E-state index contributed by atoms with van der Waals surface area (Å²) < 4.78 is 1.93. The van der Waals surface area contributed by atoms with E-state index in [4.69, 9.17) is 11.6 Å². The zero-order valence-corrected chi connectivity index (χ0v) is 10.7. The van der Waals surface area contributed by atoms with Crippen LogP contribution in [0.4, 0.5) is 0 Å². The fourth-order valence-electron chi connectivity index (χ4n) is 2.16. The van der Waals surface area contributed by atoms with E-state index in [1.807, 2.05) is 4.57 Å². The quantitative estimate of drug-likeness (QED) is 0.748. The smallest absolute Gasteiger partial charge is 0.268 e. The predicted octanol–water partition coefficient (Wildman–Crippen LogP) is 0.540. The van der Waals surface area contributed by atoms with E-state index >= 15 is 0 Å². The van der Waals surface area contributed by atoms with Gasteiger partial charge in [0.2, 0.25) is 0 Å². The molecule has 1 saturated carbocycles. The first kappa shape index (κ1) is 12.0. The minimum atomic E-state index is -0.795. The van der Waals surface area contributed by atoms with Crippen molar-refractivity contribution in [2.75, 3.05) is 19.6 Å². The monoisotopic (exact) mass is 269 g/mol. The lowest BCUT2D eigenvalue weighted by atomic mass is 9.97. The van der Waals surface area contributed by atoms with E-state index in [1.165, 1.54) is 0 Å². The van der Waals surface area contributed by atoms with Gasteiger partial charge in [-0.1, -0.05) is 11.6 Å². The molecular formula is C12H16ClN3O2. The fourth-order valence-corrected chi connectivity index (χ4v) is 2.36. The zero-order valence-electron chi connectivity index (χ0n) is 9.95. The standard InChI is InChI=1S/C12H16ClN3O2/c13-8-3-10(16(4-8)9-1-2-9)11(17)15-7-12(18)5-14-6-12/h3-4,9,14,18H,1-2,5-7H2,(H,15,17). The van der Waals surface area contributed by atoms with Crippen molar-refractivity contribution in [1.29, 1.82) is 0 Å². The van der Waals surface area contributed by atoms with Gasteiger partial charge < -0.3 is 20.3 Å². The Morgan fingerprint density at radius 3 is 2.89 bits per heavy atom. The second kappa shape index (κ2) is 4.26. The summed E-state index contributed by atoms with van der Waals surface area (Å²) in [5.74, 6) is -0.172. The molecule has 1 aromatic rings. The number of aromatic nitrogens is 1. The summed E-state index contributed by atoms with van der Waals surface area (Å²) in [4.78, 5) is 12.1. The van der Waals surface area contributed by atoms with Crippen LogP contribution >= 0.6 is 11.6 Å². The molecule has 18 heavy (non-hydrogen) atoms. The van der Waals surface area contributed by atoms with E-state index in [0.29, 0.717) is 29.8 Å². The molecule has 98 valence electrons. The predicted molar refractivity (Wildman–Crippen MR) is 67.9 cm³/mol. The lowest BCUT2D eigenvalue weighted by molar-refractivity contribution is -0.00766. The third kappa shape index (κ3) is 2.25. The average Bonchev–Trinajstić information content (AvgIpc) is 3.07. The number of halogens is 1. The van der Waals surface area contributed by atoms with Gasteiger partial charge in [0.05, 0.1) is 5.02 Å². The highest BCUT2D eigenvalue weighted by Gasteiger charge is 2.35. The summed E-state index contributed by atoms with van der Waals surface area (Å²) in [6, 6.07) is 2.09. The normalized spacial score (nSPS) is 21.4. The lowest BCUT2D eigenvalue weighted by Crippen LogP contribution is -2.64. The molecule has 0 spiro atoms. The molecule has 5 nitrogen and oxygen atoms in total. The van der Waals surface area contributed by atoms with E-state index in [1.54, 1.807) is 12.3 Å². The third-order valence-corrected chi connectivity index (χ3v) is 3.68. The number of amides is 1. The van der Waals surface area contributed by atoms with Gasteiger partial charge in [0, 0.05) is 31.9 Å². The number of nitrogens with one attached hydrogen (secondary N) is 2. The minimum Gasteiger partial charge on any atom is -0.385 e. The number of rotatable bonds is 4. The number of β-amino-alcohol motifs (C(OH)–C–C–N with tert-alkyl or cyclic N) is 1. The Bertz CT molecular complexity index is 478. The molecular weight excluding hydrogens is 254 g/mol. The molecule has 1 aromatic heterocycles. The molecule has 1 aliphatic carbocycles. The molecule has 2 fully saturated rings. The van der Waals surface area contributed by atoms with Crippen LogP contribution in [0.3, 0.4) is 0 Å². The maximum absolute atomic E-state index is 12.1. The Labute approximate surface area is 110 Å². The Morgan fingerprint density at radius 2 is 2.33 bits per heavy atom. The summed E-state index contributed by atoms with van der Waals surface area (Å²) >= 11 is 5.95. The molecule has 2 heterocycles. The topological polar surface area (TPSA) is 66.3 Å². The van der Waals surface area contributed by atoms with Crippen molar-refractivity contribution in [3.63, 3.8) is 0 Å². The zero-order chi connectivity index (χ0) is 12.8.